The molecule has 1 aliphatic rings. The van der Waals surface area contributed by atoms with Crippen molar-refractivity contribution in [1.82, 2.24) is 5.01 Å². The van der Waals surface area contributed by atoms with Gasteiger partial charge in [0.05, 0.1) is 55.2 Å². The Labute approximate surface area is 298 Å². The molecule has 4 atom stereocenters. The summed E-state index contributed by atoms with van der Waals surface area (Å²) in [7, 11) is -4.82. The predicted octanol–water partition coefficient (Wildman–Crippen LogP) is 8.08. The number of nitroso groups, excluding NO2 is 1. The van der Waals surface area contributed by atoms with Crippen LogP contribution in [0, 0.1) is 10.3 Å². The van der Waals surface area contributed by atoms with E-state index in [0.717, 1.165) is 21.9 Å². The molecule has 0 aliphatic carbocycles. The number of hydrogen-bond acceptors (Lipinski definition) is 9. The summed E-state index contributed by atoms with van der Waals surface area (Å²) in [5.74, 6) is 0.244. The molecule has 0 unspecified atom stereocenters. The summed E-state index contributed by atoms with van der Waals surface area (Å²) in [5.41, 5.74) is -0.507. The lowest BCUT2D eigenvalue weighted by atomic mass is 9.80. The van der Waals surface area contributed by atoms with E-state index in [1.165, 1.54) is 0 Å². The van der Waals surface area contributed by atoms with Crippen LogP contribution in [0.3, 0.4) is 0 Å². The van der Waals surface area contributed by atoms with Crippen LogP contribution in [0.5, 0.6) is 5.75 Å². The molecule has 272 valence electrons. The highest BCUT2D eigenvalue weighted by atomic mass is 32.2. The Kier molecular flexibility index (Phi) is 12.8. The Bertz CT molecular complexity index is 1660. The molecule has 3 aromatic rings. The van der Waals surface area contributed by atoms with Crippen molar-refractivity contribution < 1.29 is 31.8 Å². The molecule has 12 heteroatoms. The fraction of sp³-hybridized carbons (Fsp3) is 0.500. The molecule has 50 heavy (non-hydrogen) atoms. The first-order valence-electron chi connectivity index (χ1n) is 17.0. The second-order valence-electron chi connectivity index (χ2n) is 15.1. The number of amides is 1. The number of rotatable bonds is 15. The summed E-state index contributed by atoms with van der Waals surface area (Å²) in [4.78, 5) is 25.7. The van der Waals surface area contributed by atoms with Crippen LogP contribution < -0.4 is 4.74 Å². The zero-order valence-electron chi connectivity index (χ0n) is 30.5. The molecule has 1 amide bonds. The van der Waals surface area contributed by atoms with E-state index in [2.05, 4.69) is 39.2 Å². The van der Waals surface area contributed by atoms with Crippen molar-refractivity contribution in [2.75, 3.05) is 7.11 Å². The summed E-state index contributed by atoms with van der Waals surface area (Å²) in [5, 5.41) is 3.79. The highest BCUT2D eigenvalue weighted by Gasteiger charge is 2.53. The minimum atomic E-state index is -3.98. The molecule has 0 saturated carbocycles. The van der Waals surface area contributed by atoms with Gasteiger partial charge in [-0.1, -0.05) is 95.3 Å². The van der Waals surface area contributed by atoms with Crippen LogP contribution in [0.15, 0.2) is 95.1 Å². The van der Waals surface area contributed by atoms with Gasteiger partial charge in [0.25, 0.3) is 0 Å². The minimum absolute atomic E-state index is 0.0305. The van der Waals surface area contributed by atoms with Crippen LogP contribution in [-0.4, -0.2) is 58.5 Å². The average molecular weight is 725 g/mol. The van der Waals surface area contributed by atoms with Crippen molar-refractivity contribution in [2.45, 2.75) is 114 Å². The lowest BCUT2D eigenvalue weighted by Crippen LogP contribution is -2.55. The Hall–Kier alpha value is -3.42. The van der Waals surface area contributed by atoms with E-state index < -0.39 is 53.2 Å². The first-order chi connectivity index (χ1) is 23.5. The van der Waals surface area contributed by atoms with E-state index in [-0.39, 0.29) is 35.9 Å². The molecule has 0 spiro atoms. The zero-order valence-corrected chi connectivity index (χ0v) is 32.3. The molecule has 3 aromatic carbocycles. The molecule has 4 rings (SSSR count). The van der Waals surface area contributed by atoms with Crippen LogP contribution >= 0.6 is 0 Å². The van der Waals surface area contributed by atoms with Crippen molar-refractivity contribution in [2.24, 2.45) is 10.7 Å². The van der Waals surface area contributed by atoms with Crippen LogP contribution in [-0.2, 0) is 41.7 Å². The summed E-state index contributed by atoms with van der Waals surface area (Å²) in [6, 6.07) is 25.0. The quantitative estimate of drug-likeness (QED) is 0.0877. The molecule has 10 nitrogen and oxygen atoms in total. The molecule has 0 bridgehead atoms. The van der Waals surface area contributed by atoms with Gasteiger partial charge in [-0.05, 0) is 59.9 Å². The number of nitrogens with zero attached hydrogens (tertiary/aromatic N) is 2. The van der Waals surface area contributed by atoms with Gasteiger partial charge in [0.2, 0.25) is 15.7 Å². The van der Waals surface area contributed by atoms with Crippen molar-refractivity contribution in [3.8, 4) is 5.75 Å². The van der Waals surface area contributed by atoms with Gasteiger partial charge >= 0.3 is 0 Å². The normalized spacial score (nSPS) is 20.1. The maximum atomic E-state index is 14.2. The number of methoxy groups -OCH3 is 1. The third-order valence-electron chi connectivity index (χ3n) is 9.95. The zero-order chi connectivity index (χ0) is 36.7. The second-order valence-corrected chi connectivity index (χ2v) is 21.9. The number of ether oxygens (including phenoxy) is 3. The smallest absolute Gasteiger partial charge is 0.248 e. The number of carbonyl (C=O) groups excluding carboxylic acids is 1. The van der Waals surface area contributed by atoms with Crippen molar-refractivity contribution in [1.29, 1.82) is 0 Å². The van der Waals surface area contributed by atoms with Gasteiger partial charge in [-0.15, -0.1) is 4.91 Å². The lowest BCUT2D eigenvalue weighted by Gasteiger charge is -2.48. The van der Waals surface area contributed by atoms with Crippen LogP contribution in [0.1, 0.15) is 65.0 Å². The molecule has 1 saturated heterocycles. The first-order valence-corrected chi connectivity index (χ1v) is 21.5. The summed E-state index contributed by atoms with van der Waals surface area (Å²) in [6.07, 6.45) is -1.37. The number of hydrogen-bond donors (Lipinski definition) is 0. The summed E-state index contributed by atoms with van der Waals surface area (Å²) >= 11 is 0. The van der Waals surface area contributed by atoms with E-state index in [9.17, 15) is 18.1 Å². The predicted molar refractivity (Wildman–Crippen MR) is 196 cm³/mol. The fourth-order valence-electron chi connectivity index (χ4n) is 5.94. The monoisotopic (exact) mass is 724 g/mol. The minimum Gasteiger partial charge on any atom is -0.497 e. The SMILES string of the molecule is COc1ccc(CO[C@H]2C[C@@H](C[C@H](CC(=O)N(Cc3ccccc3)N=O)O[Si](C)(C)C(C)(C)C)O[C@H](S(=O)(=O)c3ccccc3)C2(C)C)cc1. The lowest BCUT2D eigenvalue weighted by molar-refractivity contribution is -0.172. The largest absolute Gasteiger partial charge is 0.497 e. The number of sulfone groups is 1. The third-order valence-corrected chi connectivity index (χ3v) is 16.7. The van der Waals surface area contributed by atoms with Gasteiger partial charge in [-0.3, -0.25) is 4.79 Å². The van der Waals surface area contributed by atoms with Crippen molar-refractivity contribution >= 4 is 24.1 Å². The Morgan fingerprint density at radius 3 is 2.14 bits per heavy atom. The molecular formula is C38H52N2O8SSi. The third kappa shape index (κ3) is 9.67. The maximum absolute atomic E-state index is 14.2. The van der Waals surface area contributed by atoms with Gasteiger partial charge in [-0.25, -0.2) is 8.42 Å². The Morgan fingerprint density at radius 1 is 0.980 bits per heavy atom. The molecular weight excluding hydrogens is 673 g/mol. The van der Waals surface area contributed by atoms with Gasteiger partial charge in [-0.2, -0.15) is 5.01 Å². The van der Waals surface area contributed by atoms with Crippen LogP contribution in [0.2, 0.25) is 18.1 Å². The number of carbonyl (C=O) groups is 1. The summed E-state index contributed by atoms with van der Waals surface area (Å²) < 4.78 is 53.7. The first kappa shape index (κ1) is 39.4. The topological polar surface area (TPSA) is 121 Å². The van der Waals surface area contributed by atoms with Gasteiger partial charge in [0.1, 0.15) is 5.75 Å². The van der Waals surface area contributed by atoms with E-state index in [4.69, 9.17) is 18.6 Å². The summed E-state index contributed by atoms with van der Waals surface area (Å²) in [6.45, 7) is 14.5. The highest BCUT2D eigenvalue weighted by molar-refractivity contribution is 7.92. The van der Waals surface area contributed by atoms with Gasteiger partial charge in [0, 0.05) is 11.8 Å². The highest BCUT2D eigenvalue weighted by Crippen LogP contribution is 2.45. The van der Waals surface area contributed by atoms with E-state index in [0.29, 0.717) is 6.42 Å². The molecule has 1 heterocycles. The van der Waals surface area contributed by atoms with E-state index in [1.54, 1.807) is 37.4 Å². The Balaban J connectivity index is 1.65. The van der Waals surface area contributed by atoms with Crippen LogP contribution in [0.4, 0.5) is 0 Å². The van der Waals surface area contributed by atoms with Crippen LogP contribution in [0.25, 0.3) is 0 Å². The number of benzene rings is 3. The maximum Gasteiger partial charge on any atom is 0.248 e. The van der Waals surface area contributed by atoms with Gasteiger partial charge in [0.15, 0.2) is 13.8 Å². The van der Waals surface area contributed by atoms with E-state index >= 15 is 0 Å². The van der Waals surface area contributed by atoms with Crippen molar-refractivity contribution in [3.63, 3.8) is 0 Å². The molecule has 0 N–H and O–H groups in total. The molecule has 0 aromatic heterocycles. The molecule has 0 radical (unpaired) electrons. The standard InChI is InChI=1S/C38H52N2O8SSi/c1-37(2,3)50(7,8)48-32(25-35(41)40(39-42)26-28-15-11-9-12-16-28)23-31-24-34(46-27-29-19-21-30(45-6)22-20-29)38(4,5)36(47-31)49(43,44)33-17-13-10-14-18-33/h9-22,31-32,34,36H,23-27H2,1-8H3/t31-,32-,34+,36-/m1/s1. The molecule has 1 fully saturated rings. The Morgan fingerprint density at radius 2 is 1.58 bits per heavy atom. The van der Waals surface area contributed by atoms with Gasteiger partial charge < -0.3 is 18.6 Å². The van der Waals surface area contributed by atoms with E-state index in [1.807, 2.05) is 68.4 Å². The second kappa shape index (κ2) is 16.3. The molecule has 1 aliphatic heterocycles. The van der Waals surface area contributed by atoms with Crippen molar-refractivity contribution in [3.05, 3.63) is 101 Å². The fourth-order valence-corrected chi connectivity index (χ4v) is 9.34. The average Bonchev–Trinajstić information content (AvgIpc) is 3.07.